The van der Waals surface area contributed by atoms with Crippen molar-refractivity contribution in [3.8, 4) is 0 Å². The van der Waals surface area contributed by atoms with E-state index in [1.807, 2.05) is 0 Å². The van der Waals surface area contributed by atoms with Gasteiger partial charge in [0.25, 0.3) is 0 Å². The molecule has 0 fully saturated rings. The molecule has 0 bridgehead atoms. The molecule has 0 aliphatic heterocycles. The molecule has 0 heterocycles. The molecule has 0 aliphatic carbocycles. The molecule has 1 N–H and O–H groups in total. The lowest BCUT2D eigenvalue weighted by Crippen LogP contribution is -2.34. The third kappa shape index (κ3) is 3.76. The van der Waals surface area contributed by atoms with E-state index in [1.165, 1.54) is 12.8 Å². The summed E-state index contributed by atoms with van der Waals surface area (Å²) in [7, 11) is 2.07. The zero-order valence-electron chi connectivity index (χ0n) is 8.65. The Balaban J connectivity index is 3.81. The first-order valence-electron chi connectivity index (χ1n) is 4.80. The van der Waals surface area contributed by atoms with Gasteiger partial charge in [-0.15, -0.1) is 0 Å². The van der Waals surface area contributed by atoms with E-state index in [9.17, 15) is 0 Å². The van der Waals surface area contributed by atoms with Crippen LogP contribution in [-0.4, -0.2) is 13.1 Å². The fourth-order valence-corrected chi connectivity index (χ4v) is 1.45. The normalized spacial score (nSPS) is 16.9. The van der Waals surface area contributed by atoms with Gasteiger partial charge in [-0.05, 0) is 25.3 Å². The lowest BCUT2D eigenvalue weighted by Gasteiger charge is -2.26. The van der Waals surface area contributed by atoms with E-state index in [4.69, 9.17) is 0 Å². The van der Waals surface area contributed by atoms with Crippen LogP contribution in [0.4, 0.5) is 0 Å². The summed E-state index contributed by atoms with van der Waals surface area (Å²) < 4.78 is 0. The molecule has 0 saturated carbocycles. The first-order valence-corrected chi connectivity index (χ1v) is 4.80. The Morgan fingerprint density at radius 1 is 1.18 bits per heavy atom. The van der Waals surface area contributed by atoms with Crippen LogP contribution in [0.25, 0.3) is 0 Å². The van der Waals surface area contributed by atoms with Crippen molar-refractivity contribution in [1.82, 2.24) is 5.32 Å². The van der Waals surface area contributed by atoms with Gasteiger partial charge in [0, 0.05) is 6.04 Å². The van der Waals surface area contributed by atoms with Crippen molar-refractivity contribution in [2.75, 3.05) is 7.05 Å². The Morgan fingerprint density at radius 3 is 2.00 bits per heavy atom. The molecular formula is C10H23N. The molecule has 0 aromatic rings. The molecule has 0 rings (SSSR count). The predicted molar refractivity (Wildman–Crippen MR) is 51.8 cm³/mol. The van der Waals surface area contributed by atoms with Gasteiger partial charge in [-0.1, -0.05) is 34.1 Å². The van der Waals surface area contributed by atoms with Crippen molar-refractivity contribution in [2.45, 2.75) is 46.6 Å². The second kappa shape index (κ2) is 5.59. The highest BCUT2D eigenvalue weighted by atomic mass is 14.9. The average Bonchev–Trinajstić information content (AvgIpc) is 1.98. The Labute approximate surface area is 71.6 Å². The first kappa shape index (κ1) is 11.0. The smallest absolute Gasteiger partial charge is 0.00920 e. The molecule has 0 unspecified atom stereocenters. The van der Waals surface area contributed by atoms with Crippen molar-refractivity contribution in [1.29, 1.82) is 0 Å². The Morgan fingerprint density at radius 2 is 1.73 bits per heavy atom. The van der Waals surface area contributed by atoms with Crippen molar-refractivity contribution < 1.29 is 0 Å². The average molecular weight is 157 g/mol. The van der Waals surface area contributed by atoms with Gasteiger partial charge in [0.2, 0.25) is 0 Å². The summed E-state index contributed by atoms with van der Waals surface area (Å²) in [6.07, 6.45) is 2.58. The summed E-state index contributed by atoms with van der Waals surface area (Å²) in [5.74, 6) is 1.58. The number of hydrogen-bond acceptors (Lipinski definition) is 1. The van der Waals surface area contributed by atoms with Crippen LogP contribution in [0.5, 0.6) is 0 Å². The van der Waals surface area contributed by atoms with Crippen LogP contribution in [0.15, 0.2) is 0 Å². The molecule has 0 aliphatic rings. The van der Waals surface area contributed by atoms with Crippen LogP contribution in [0, 0.1) is 11.8 Å². The summed E-state index contributed by atoms with van der Waals surface area (Å²) in [5.41, 5.74) is 0. The monoisotopic (exact) mass is 157 g/mol. The minimum atomic E-state index is 0.708. The molecule has 0 spiro atoms. The molecule has 0 aromatic heterocycles. The zero-order chi connectivity index (χ0) is 8.85. The topological polar surface area (TPSA) is 12.0 Å². The van der Waals surface area contributed by atoms with Crippen molar-refractivity contribution >= 4 is 0 Å². The van der Waals surface area contributed by atoms with Gasteiger partial charge in [-0.2, -0.15) is 0 Å². The largest absolute Gasteiger partial charge is 0.317 e. The summed E-state index contributed by atoms with van der Waals surface area (Å²) in [4.78, 5) is 0. The maximum absolute atomic E-state index is 3.38. The summed E-state index contributed by atoms with van der Waals surface area (Å²) in [6.45, 7) is 9.17. The summed E-state index contributed by atoms with van der Waals surface area (Å²) in [5, 5.41) is 3.38. The Bertz CT molecular complexity index is 88.9. The van der Waals surface area contributed by atoms with Crippen LogP contribution in [0.2, 0.25) is 0 Å². The van der Waals surface area contributed by atoms with Gasteiger partial charge in [0.05, 0.1) is 0 Å². The molecule has 0 amide bonds. The highest BCUT2D eigenvalue weighted by Crippen LogP contribution is 2.17. The first-order chi connectivity index (χ1) is 5.13. The number of nitrogens with one attached hydrogen (secondary N) is 1. The molecule has 68 valence electrons. The lowest BCUT2D eigenvalue weighted by molar-refractivity contribution is 0.296. The van der Waals surface area contributed by atoms with Crippen LogP contribution in [0.3, 0.4) is 0 Å². The van der Waals surface area contributed by atoms with Crippen molar-refractivity contribution in [2.24, 2.45) is 11.8 Å². The molecule has 0 aromatic carbocycles. The minimum absolute atomic E-state index is 0.708. The number of rotatable bonds is 5. The maximum atomic E-state index is 3.38. The minimum Gasteiger partial charge on any atom is -0.317 e. The van der Waals surface area contributed by atoms with E-state index >= 15 is 0 Å². The quantitative estimate of drug-likeness (QED) is 0.647. The second-order valence-electron chi connectivity index (χ2n) is 3.79. The lowest BCUT2D eigenvalue weighted by atomic mass is 9.88. The predicted octanol–water partition coefficient (Wildman–Crippen LogP) is 2.67. The van der Waals surface area contributed by atoms with Crippen LogP contribution in [-0.2, 0) is 0 Å². The third-order valence-electron chi connectivity index (χ3n) is 2.66. The van der Waals surface area contributed by atoms with E-state index in [0.29, 0.717) is 6.04 Å². The van der Waals surface area contributed by atoms with Crippen LogP contribution >= 0.6 is 0 Å². The van der Waals surface area contributed by atoms with Gasteiger partial charge in [0.15, 0.2) is 0 Å². The van der Waals surface area contributed by atoms with E-state index in [2.05, 4.69) is 40.1 Å². The maximum Gasteiger partial charge on any atom is 0.00920 e. The molecule has 0 saturated heterocycles. The summed E-state index contributed by atoms with van der Waals surface area (Å²) >= 11 is 0. The fraction of sp³-hybridized carbons (Fsp3) is 1.00. The van der Waals surface area contributed by atoms with E-state index in [1.54, 1.807) is 0 Å². The molecule has 1 heteroatoms. The molecule has 11 heavy (non-hydrogen) atoms. The van der Waals surface area contributed by atoms with E-state index in [0.717, 1.165) is 11.8 Å². The molecular weight excluding hydrogens is 134 g/mol. The van der Waals surface area contributed by atoms with Crippen LogP contribution < -0.4 is 5.32 Å². The highest BCUT2D eigenvalue weighted by Gasteiger charge is 2.16. The van der Waals surface area contributed by atoms with Gasteiger partial charge in [0.1, 0.15) is 0 Å². The zero-order valence-corrected chi connectivity index (χ0v) is 8.65. The molecule has 1 nitrogen and oxygen atoms in total. The molecule has 2 atom stereocenters. The van der Waals surface area contributed by atoms with Gasteiger partial charge < -0.3 is 5.32 Å². The van der Waals surface area contributed by atoms with E-state index in [-0.39, 0.29) is 0 Å². The SMILES string of the molecule is CCC[C@@H](NC)[C@H](C)C(C)C. The van der Waals surface area contributed by atoms with Crippen molar-refractivity contribution in [3.63, 3.8) is 0 Å². The highest BCUT2D eigenvalue weighted by molar-refractivity contribution is 4.73. The third-order valence-corrected chi connectivity index (χ3v) is 2.66. The van der Waals surface area contributed by atoms with Gasteiger partial charge >= 0.3 is 0 Å². The van der Waals surface area contributed by atoms with E-state index < -0.39 is 0 Å². The Hall–Kier alpha value is -0.0400. The van der Waals surface area contributed by atoms with Crippen LogP contribution in [0.1, 0.15) is 40.5 Å². The molecule has 0 radical (unpaired) electrons. The second-order valence-corrected chi connectivity index (χ2v) is 3.79. The Kier molecular flexibility index (Phi) is 5.57. The fourth-order valence-electron chi connectivity index (χ4n) is 1.45. The van der Waals surface area contributed by atoms with Gasteiger partial charge in [-0.25, -0.2) is 0 Å². The summed E-state index contributed by atoms with van der Waals surface area (Å²) in [6, 6.07) is 0.708. The number of hydrogen-bond donors (Lipinski definition) is 1. The van der Waals surface area contributed by atoms with Crippen molar-refractivity contribution in [3.05, 3.63) is 0 Å². The van der Waals surface area contributed by atoms with Gasteiger partial charge in [-0.3, -0.25) is 0 Å². The standard InChI is InChI=1S/C10H23N/c1-6-7-10(11-5)9(4)8(2)3/h8-11H,6-7H2,1-5H3/t9-,10-/m1/s1.